The van der Waals surface area contributed by atoms with E-state index in [0.717, 1.165) is 57.5 Å². The lowest BCUT2D eigenvalue weighted by molar-refractivity contribution is -0.150. The first kappa shape index (κ1) is 76.6. The summed E-state index contributed by atoms with van der Waals surface area (Å²) in [5.74, 6) is 4.14. The Labute approximate surface area is 482 Å². The van der Waals surface area contributed by atoms with Gasteiger partial charge >= 0.3 is 0 Å². The van der Waals surface area contributed by atoms with Crippen LogP contribution in [0.5, 0.6) is 11.5 Å². The molecule has 80 heavy (non-hydrogen) atoms. The van der Waals surface area contributed by atoms with Gasteiger partial charge in [-0.1, -0.05) is 64.6 Å². The maximum absolute atomic E-state index is 12.9. The third-order valence-electron chi connectivity index (χ3n) is 11.5. The summed E-state index contributed by atoms with van der Waals surface area (Å²) in [6.45, 7) is 34.6. The molecule has 0 saturated carbocycles. The number of piperidine rings is 1. The van der Waals surface area contributed by atoms with Crippen LogP contribution in [0, 0.1) is 29.9 Å². The minimum atomic E-state index is -0.552. The molecule has 2 saturated heterocycles. The summed E-state index contributed by atoms with van der Waals surface area (Å²) in [5, 5.41) is 14.9. The van der Waals surface area contributed by atoms with Crippen molar-refractivity contribution in [2.45, 2.75) is 200 Å². The van der Waals surface area contributed by atoms with Crippen molar-refractivity contribution in [2.75, 3.05) is 51.4 Å². The average molecular weight is 1120 g/mol. The second-order valence-corrected chi connectivity index (χ2v) is 21.1. The molecule has 0 amide bonds. The van der Waals surface area contributed by atoms with Crippen molar-refractivity contribution in [2.24, 2.45) is 15.9 Å². The van der Waals surface area contributed by atoms with Gasteiger partial charge in [-0.05, 0) is 202 Å². The standard InChI is InChI=1S/C12H16O3.C12H14O.C11H23NO.C10H12N2O.C9H11F2N.C7H15N.CH2O2.3CH4/c1-9(2)13-8-12-14-7-10-5-3-4-6-11(10)15-12;1-4-11-5-7-12(8-6-11)9-13-10(2)3;1-11(2,3)13-9-6-10-4-7-12-8-5-10;1-7(2)13-8-3-4-9-10(5-8)12-6-11-9;1-6(2)12-9-7(10)4-3-5-8(9)11;1-7(2)8-5-3-4-6-8;2-1-3;;;/h3-6,9,12H,7-8H2,1-2H3;1,5-8,10H,9H2,2-3H3;10,12H,4-9H2,1-3H3;3-5,7H,6H2,1-2H3;3-6,12H,1-2H3;7H,3-6H2,1-2H3;1H,(H,2,3);3*1H4. The zero-order valence-electron chi connectivity index (χ0n) is 48.6. The van der Waals surface area contributed by atoms with Crippen LogP contribution < -0.4 is 30.8 Å². The van der Waals surface area contributed by atoms with Crippen LogP contribution in [0.25, 0.3) is 0 Å². The summed E-state index contributed by atoms with van der Waals surface area (Å²) in [4.78, 5) is 19.3. The number of nitrogens with one attached hydrogen (secondary N) is 2. The molecule has 4 aliphatic heterocycles. The van der Waals surface area contributed by atoms with E-state index in [0.29, 0.717) is 26.5 Å². The quantitative estimate of drug-likeness (QED) is 0.0820. The van der Waals surface area contributed by atoms with E-state index in [1.807, 2.05) is 122 Å². The van der Waals surface area contributed by atoms with Crippen molar-refractivity contribution in [1.82, 2.24) is 10.2 Å². The largest absolute Gasteiger partial charge is 0.491 e. The molecule has 0 aliphatic carbocycles. The molecule has 8 rings (SSSR count). The Balaban J connectivity index is 0. The number of likely N-dealkylation sites (tertiary alicyclic amines) is 1. The Morgan fingerprint density at radius 3 is 1.93 bits per heavy atom. The van der Waals surface area contributed by atoms with Crippen LogP contribution in [-0.4, -0.2) is 105 Å². The van der Waals surface area contributed by atoms with Crippen LogP contribution in [0.1, 0.15) is 161 Å². The zero-order valence-corrected chi connectivity index (χ0v) is 48.6. The minimum Gasteiger partial charge on any atom is -0.491 e. The van der Waals surface area contributed by atoms with Crippen molar-refractivity contribution in [3.05, 3.63) is 124 Å². The number of halogens is 2. The lowest BCUT2D eigenvalue weighted by atomic mass is 9.95. The van der Waals surface area contributed by atoms with Crippen molar-refractivity contribution >= 4 is 12.2 Å². The lowest BCUT2D eigenvalue weighted by Gasteiger charge is -2.26. The monoisotopic (exact) mass is 1120 g/mol. The molecule has 0 spiro atoms. The van der Waals surface area contributed by atoms with Crippen LogP contribution in [0.4, 0.5) is 14.5 Å². The van der Waals surface area contributed by atoms with E-state index in [-0.39, 0.29) is 70.7 Å². The number of para-hydroxylation sites is 2. The van der Waals surface area contributed by atoms with Crippen molar-refractivity contribution < 1.29 is 47.1 Å². The molecule has 0 radical (unpaired) electrons. The predicted molar refractivity (Wildman–Crippen MR) is 326 cm³/mol. The Kier molecular flexibility index (Phi) is 41.4. The number of nitrogens with zero attached hydrogens (tertiary/aromatic N) is 3. The predicted octanol–water partition coefficient (Wildman–Crippen LogP) is 13.7. The molecule has 2 fully saturated rings. The normalized spacial score (nSPS) is 14.9. The second kappa shape index (κ2) is 43.3. The van der Waals surface area contributed by atoms with Crippen LogP contribution in [0.15, 0.2) is 94.9 Å². The average Bonchev–Trinajstić information content (AvgIpc) is 4.11. The Morgan fingerprint density at radius 2 is 1.40 bits per heavy atom. The first-order valence-corrected chi connectivity index (χ1v) is 27.3. The molecule has 15 heteroatoms. The van der Waals surface area contributed by atoms with Crippen LogP contribution >= 0.6 is 0 Å². The number of benzene rings is 4. The summed E-state index contributed by atoms with van der Waals surface area (Å²) in [6.07, 6.45) is 12.4. The van der Waals surface area contributed by atoms with Gasteiger partial charge in [0.15, 0.2) is 0 Å². The van der Waals surface area contributed by atoms with Crippen molar-refractivity contribution in [1.29, 1.82) is 0 Å². The van der Waals surface area contributed by atoms with Gasteiger partial charge in [-0.15, -0.1) is 6.42 Å². The summed E-state index contributed by atoms with van der Waals surface area (Å²) in [5.41, 5.74) is 3.15. The number of fused-ring (bicyclic) bond motifs is 2. The van der Waals surface area contributed by atoms with Gasteiger partial charge in [0.2, 0.25) is 6.29 Å². The highest BCUT2D eigenvalue weighted by molar-refractivity contribution is 5.46. The summed E-state index contributed by atoms with van der Waals surface area (Å²) in [6, 6.07) is 26.2. The van der Waals surface area contributed by atoms with E-state index in [1.54, 1.807) is 0 Å². The molecule has 4 aliphatic rings. The molecule has 4 heterocycles. The number of rotatable bonds is 14. The van der Waals surface area contributed by atoms with E-state index in [2.05, 4.69) is 66.1 Å². The van der Waals surface area contributed by atoms with Gasteiger partial charge in [-0.2, -0.15) is 0 Å². The number of anilines is 1. The van der Waals surface area contributed by atoms with Crippen molar-refractivity contribution in [3.63, 3.8) is 0 Å². The first-order valence-electron chi connectivity index (χ1n) is 27.3. The molecule has 13 nitrogen and oxygen atoms in total. The number of hydrogen-bond acceptors (Lipinski definition) is 12. The minimum absolute atomic E-state index is 0. The molecular weight excluding hydrogens is 1020 g/mol. The van der Waals surface area contributed by atoms with Crippen molar-refractivity contribution in [3.8, 4) is 23.8 Å². The Morgan fingerprint density at radius 1 is 0.812 bits per heavy atom. The third kappa shape index (κ3) is 34.6. The smallest absolute Gasteiger partial charge is 0.290 e. The van der Waals surface area contributed by atoms with E-state index in [4.69, 9.17) is 44.7 Å². The molecule has 4 aromatic carbocycles. The van der Waals surface area contributed by atoms with Crippen LogP contribution in [0.3, 0.4) is 0 Å². The summed E-state index contributed by atoms with van der Waals surface area (Å²) < 4.78 is 59.1. The van der Waals surface area contributed by atoms with Gasteiger partial charge in [0.1, 0.15) is 42.1 Å². The number of ether oxygens (including phenoxy) is 6. The summed E-state index contributed by atoms with van der Waals surface area (Å²) in [7, 11) is 0. The fraction of sp³-hybridized carbons (Fsp3) is 0.585. The van der Waals surface area contributed by atoms with Gasteiger partial charge in [0.25, 0.3) is 6.47 Å². The van der Waals surface area contributed by atoms with E-state index in [1.165, 1.54) is 76.5 Å². The molecule has 1 atom stereocenters. The molecule has 0 aromatic heterocycles. The van der Waals surface area contributed by atoms with E-state index >= 15 is 0 Å². The zero-order chi connectivity index (χ0) is 57.2. The van der Waals surface area contributed by atoms with Gasteiger partial charge in [0, 0.05) is 35.9 Å². The SMILES string of the molecule is C.C.C.C#Cc1ccc(COC(C)C)cc1.CC(C)(C)OCCC1CCNCC1.CC(C)N1CCCC1.CC(C)Nc1c(F)cccc1F.CC(C)OCC1OCc2ccccc2O1.CC(C)Oc1ccc2c(c1)=NCN=2.O=CO. The number of carboxylic acid groups (broad SMARTS) is 1. The van der Waals surface area contributed by atoms with Gasteiger partial charge in [-0.3, -0.25) is 14.8 Å². The highest BCUT2D eigenvalue weighted by atomic mass is 19.1. The number of carbonyl (C=O) groups is 1. The molecule has 3 N–H and O–H groups in total. The lowest BCUT2D eigenvalue weighted by Crippen LogP contribution is -2.31. The third-order valence-corrected chi connectivity index (χ3v) is 11.5. The van der Waals surface area contributed by atoms with E-state index < -0.39 is 11.6 Å². The Bertz CT molecular complexity index is 2360. The molecule has 452 valence electrons. The first-order chi connectivity index (χ1) is 36.6. The van der Waals surface area contributed by atoms with E-state index in [9.17, 15) is 8.78 Å². The van der Waals surface area contributed by atoms with Gasteiger partial charge in [0.05, 0.1) is 47.8 Å². The van der Waals surface area contributed by atoms with Gasteiger partial charge < -0.3 is 49.1 Å². The topological polar surface area (TPSA) is 145 Å². The maximum atomic E-state index is 12.9. The summed E-state index contributed by atoms with van der Waals surface area (Å²) >= 11 is 0. The second-order valence-electron chi connectivity index (χ2n) is 21.1. The number of hydrogen-bond donors (Lipinski definition) is 3. The maximum Gasteiger partial charge on any atom is 0.290 e. The molecule has 1 unspecified atom stereocenters. The highest BCUT2D eigenvalue weighted by Gasteiger charge is 2.20. The molecule has 4 aromatic rings. The molecule has 0 bridgehead atoms. The Hall–Kier alpha value is -5.47. The van der Waals surface area contributed by atoms with Gasteiger partial charge in [-0.25, -0.2) is 8.78 Å². The highest BCUT2D eigenvalue weighted by Crippen LogP contribution is 2.26. The molecular formula is C65H105F2N5O8. The van der Waals surface area contributed by atoms with Crippen LogP contribution in [-0.2, 0) is 37.0 Å². The fourth-order valence-corrected chi connectivity index (χ4v) is 7.59. The number of terminal acetylenes is 1. The van der Waals surface area contributed by atoms with Crippen LogP contribution in [0.2, 0.25) is 0 Å². The fourth-order valence-electron chi connectivity index (χ4n) is 7.59.